The van der Waals surface area contributed by atoms with E-state index in [2.05, 4.69) is 44.3 Å². The normalized spacial score (nSPS) is 16.6. The van der Waals surface area contributed by atoms with Crippen molar-refractivity contribution >= 4 is 46.5 Å². The minimum Gasteiger partial charge on any atom is -0.369 e. The molecule has 8 nitrogen and oxygen atoms in total. The molecule has 0 unspecified atom stereocenters. The number of benzene rings is 2. The maximum absolute atomic E-state index is 13.2. The molecule has 0 radical (unpaired) electrons. The van der Waals surface area contributed by atoms with Crippen LogP contribution in [0.2, 0.25) is 5.02 Å². The highest BCUT2D eigenvalue weighted by Crippen LogP contribution is 2.36. The number of nitrogens with one attached hydrogen (secondary N) is 1. The van der Waals surface area contributed by atoms with Crippen LogP contribution in [0.1, 0.15) is 11.1 Å². The lowest BCUT2D eigenvalue weighted by atomic mass is 10.1. The quantitative estimate of drug-likeness (QED) is 0.596. The molecule has 1 N–H and O–H groups in total. The first kappa shape index (κ1) is 22.4. The van der Waals surface area contributed by atoms with Gasteiger partial charge in [-0.3, -0.25) is 9.80 Å². The molecule has 1 saturated heterocycles. The molecule has 2 aliphatic heterocycles. The van der Waals surface area contributed by atoms with Gasteiger partial charge in [0.05, 0.1) is 17.3 Å². The number of fused-ring (bicyclic) bond motifs is 1. The molecule has 3 aromatic rings. The predicted molar refractivity (Wildman–Crippen MR) is 138 cm³/mol. The average molecular weight is 478 g/mol. The van der Waals surface area contributed by atoms with Gasteiger partial charge >= 0.3 is 6.03 Å². The molecule has 0 bridgehead atoms. The van der Waals surface area contributed by atoms with Gasteiger partial charge in [-0.25, -0.2) is 9.78 Å². The van der Waals surface area contributed by atoms with Gasteiger partial charge in [0.15, 0.2) is 0 Å². The van der Waals surface area contributed by atoms with Gasteiger partial charge in [0, 0.05) is 56.4 Å². The first-order valence-electron chi connectivity index (χ1n) is 11.4. The van der Waals surface area contributed by atoms with Crippen LogP contribution in [0.4, 0.5) is 33.6 Å². The first-order valence-corrected chi connectivity index (χ1v) is 11.8. The van der Waals surface area contributed by atoms with Crippen molar-refractivity contribution in [1.82, 2.24) is 14.9 Å². The summed E-state index contributed by atoms with van der Waals surface area (Å²) < 4.78 is 0. The van der Waals surface area contributed by atoms with E-state index in [-0.39, 0.29) is 6.03 Å². The fourth-order valence-corrected chi connectivity index (χ4v) is 4.78. The number of rotatable bonds is 4. The smallest absolute Gasteiger partial charge is 0.330 e. The number of urea groups is 1. The fraction of sp³-hybridized carbons (Fsp3) is 0.320. The number of hydrogen-bond donors (Lipinski definition) is 1. The molecule has 34 heavy (non-hydrogen) atoms. The minimum atomic E-state index is -0.176. The van der Waals surface area contributed by atoms with E-state index >= 15 is 0 Å². The summed E-state index contributed by atoms with van der Waals surface area (Å²) in [6.07, 6.45) is 1.77. The van der Waals surface area contributed by atoms with Crippen LogP contribution in [0.25, 0.3) is 0 Å². The van der Waals surface area contributed by atoms with Gasteiger partial charge in [-0.15, -0.1) is 0 Å². The van der Waals surface area contributed by atoms with Crippen LogP contribution in [0.15, 0.2) is 48.7 Å². The number of carbonyl (C=O) groups excluding carboxylic acids is 1. The SMILES string of the molecule is Cc1cccc(Cl)c1N1Cc2cnc(Nc3ccc(N4CCN(C)CC4)cc3)nc2N(C)C1=O. The highest BCUT2D eigenvalue weighted by molar-refractivity contribution is 6.34. The molecular formula is C25H28ClN7O. The summed E-state index contributed by atoms with van der Waals surface area (Å²) in [6.45, 7) is 6.52. The Labute approximate surface area is 204 Å². The summed E-state index contributed by atoms with van der Waals surface area (Å²) in [4.78, 5) is 30.3. The molecule has 9 heteroatoms. The van der Waals surface area contributed by atoms with Crippen LogP contribution >= 0.6 is 11.6 Å². The third-order valence-corrected chi connectivity index (χ3v) is 6.76. The van der Waals surface area contributed by atoms with Gasteiger partial charge < -0.3 is 15.1 Å². The number of anilines is 5. The molecule has 1 aromatic heterocycles. The maximum Gasteiger partial charge on any atom is 0.330 e. The zero-order valence-corrected chi connectivity index (χ0v) is 20.4. The van der Waals surface area contributed by atoms with Gasteiger partial charge in [0.1, 0.15) is 5.82 Å². The van der Waals surface area contributed by atoms with Gasteiger partial charge in [0.25, 0.3) is 0 Å². The van der Waals surface area contributed by atoms with E-state index in [0.717, 1.165) is 43.0 Å². The van der Waals surface area contributed by atoms with Gasteiger partial charge in [-0.05, 0) is 49.9 Å². The monoisotopic (exact) mass is 477 g/mol. The second kappa shape index (κ2) is 9.12. The summed E-state index contributed by atoms with van der Waals surface area (Å²) >= 11 is 6.43. The van der Waals surface area contributed by atoms with Crippen molar-refractivity contribution in [1.29, 1.82) is 0 Å². The molecule has 176 valence electrons. The van der Waals surface area contributed by atoms with Crippen LogP contribution in [-0.4, -0.2) is 61.2 Å². The molecule has 3 heterocycles. The lowest BCUT2D eigenvalue weighted by Crippen LogP contribution is -2.46. The van der Waals surface area contributed by atoms with E-state index < -0.39 is 0 Å². The maximum atomic E-state index is 13.2. The van der Waals surface area contributed by atoms with Crippen molar-refractivity contribution in [3.8, 4) is 0 Å². The number of carbonyl (C=O) groups is 1. The number of aromatic nitrogens is 2. The number of nitrogens with zero attached hydrogens (tertiary/aromatic N) is 6. The minimum absolute atomic E-state index is 0.176. The summed E-state index contributed by atoms with van der Waals surface area (Å²) in [5.74, 6) is 1.05. The number of halogens is 1. The van der Waals surface area contributed by atoms with Crippen molar-refractivity contribution in [2.45, 2.75) is 13.5 Å². The molecule has 0 atom stereocenters. The highest BCUT2D eigenvalue weighted by Gasteiger charge is 2.32. The number of aryl methyl sites for hydroxylation is 1. The van der Waals surface area contributed by atoms with Crippen molar-refractivity contribution < 1.29 is 4.79 Å². The van der Waals surface area contributed by atoms with Crippen LogP contribution < -0.4 is 20.0 Å². The zero-order chi connectivity index (χ0) is 23.8. The summed E-state index contributed by atoms with van der Waals surface area (Å²) in [5, 5.41) is 3.81. The van der Waals surface area contributed by atoms with E-state index in [0.29, 0.717) is 29.0 Å². The topological polar surface area (TPSA) is 67.8 Å². The third kappa shape index (κ3) is 4.26. The van der Waals surface area contributed by atoms with E-state index in [1.54, 1.807) is 29.1 Å². The lowest BCUT2D eigenvalue weighted by Gasteiger charge is -2.35. The van der Waals surface area contributed by atoms with Crippen molar-refractivity contribution in [3.05, 3.63) is 64.8 Å². The Morgan fingerprint density at radius 1 is 1.00 bits per heavy atom. The number of para-hydroxylation sites is 1. The molecule has 2 aromatic carbocycles. The van der Waals surface area contributed by atoms with E-state index in [4.69, 9.17) is 11.6 Å². The molecule has 0 saturated carbocycles. The van der Waals surface area contributed by atoms with Crippen molar-refractivity contribution in [2.75, 3.05) is 60.3 Å². The number of piperazine rings is 1. The number of hydrogen-bond acceptors (Lipinski definition) is 6. The first-order chi connectivity index (χ1) is 16.4. The van der Waals surface area contributed by atoms with Crippen LogP contribution in [0.3, 0.4) is 0 Å². The molecular weight excluding hydrogens is 450 g/mol. The van der Waals surface area contributed by atoms with E-state index in [9.17, 15) is 4.79 Å². The predicted octanol–water partition coefficient (Wildman–Crippen LogP) is 4.51. The number of likely N-dealkylation sites (N-methyl/N-ethyl adjacent to an activating group) is 1. The summed E-state index contributed by atoms with van der Waals surface area (Å²) in [7, 11) is 3.88. The Morgan fingerprint density at radius 3 is 2.44 bits per heavy atom. The fourth-order valence-electron chi connectivity index (χ4n) is 4.46. The molecule has 2 amide bonds. The Bertz CT molecular complexity index is 1190. The van der Waals surface area contributed by atoms with Crippen molar-refractivity contribution in [2.24, 2.45) is 0 Å². The zero-order valence-electron chi connectivity index (χ0n) is 19.6. The third-order valence-electron chi connectivity index (χ3n) is 6.46. The van der Waals surface area contributed by atoms with Crippen LogP contribution in [0.5, 0.6) is 0 Å². The van der Waals surface area contributed by atoms with E-state index in [1.165, 1.54) is 5.69 Å². The Balaban J connectivity index is 1.33. The second-order valence-electron chi connectivity index (χ2n) is 8.84. The molecule has 0 spiro atoms. The van der Waals surface area contributed by atoms with Crippen molar-refractivity contribution in [3.63, 3.8) is 0 Å². The van der Waals surface area contributed by atoms with Crippen LogP contribution in [0, 0.1) is 6.92 Å². The summed E-state index contributed by atoms with van der Waals surface area (Å²) in [6, 6.07) is 13.8. The lowest BCUT2D eigenvalue weighted by molar-refractivity contribution is 0.251. The Kier molecular flexibility index (Phi) is 6.02. The summed E-state index contributed by atoms with van der Waals surface area (Å²) in [5.41, 5.74) is 4.63. The van der Waals surface area contributed by atoms with E-state index in [1.807, 2.05) is 31.2 Å². The molecule has 5 rings (SSSR count). The average Bonchev–Trinajstić information content (AvgIpc) is 2.83. The Hall–Kier alpha value is -3.36. The van der Waals surface area contributed by atoms with Gasteiger partial charge in [-0.1, -0.05) is 23.7 Å². The standard InChI is InChI=1S/C25H28ClN7O/c1-17-5-4-6-21(26)22(17)33-16-18-15-27-24(29-23(18)31(3)25(33)34)28-19-7-9-20(10-8-19)32-13-11-30(2)12-14-32/h4-10,15H,11-14,16H2,1-3H3,(H,27,28,29). The van der Waals surface area contributed by atoms with Crippen LogP contribution in [-0.2, 0) is 6.54 Å². The molecule has 2 aliphatic rings. The van der Waals surface area contributed by atoms with Gasteiger partial charge in [-0.2, -0.15) is 4.98 Å². The number of amides is 2. The Morgan fingerprint density at radius 2 is 1.74 bits per heavy atom. The van der Waals surface area contributed by atoms with Gasteiger partial charge in [0.2, 0.25) is 5.95 Å². The molecule has 1 fully saturated rings. The second-order valence-corrected chi connectivity index (χ2v) is 9.24. The largest absolute Gasteiger partial charge is 0.369 e. The molecule has 0 aliphatic carbocycles. The highest BCUT2D eigenvalue weighted by atomic mass is 35.5.